The molecule has 0 N–H and O–H groups in total. The predicted molar refractivity (Wildman–Crippen MR) is 80.5 cm³/mol. The molecule has 0 bridgehead atoms. The number of rotatable bonds is 4. The van der Waals surface area contributed by atoms with Crippen molar-refractivity contribution in [2.75, 3.05) is 13.7 Å². The summed E-state index contributed by atoms with van der Waals surface area (Å²) < 4.78 is 5.73. The fourth-order valence-corrected chi connectivity index (χ4v) is 2.49. The predicted octanol–water partition coefficient (Wildman–Crippen LogP) is 3.39. The van der Waals surface area contributed by atoms with E-state index in [-0.39, 0.29) is 11.1 Å². The molecule has 1 saturated heterocycles. The quantitative estimate of drug-likeness (QED) is 0.798. The van der Waals surface area contributed by atoms with Gasteiger partial charge in [-0.1, -0.05) is 32.0 Å². The highest BCUT2D eigenvalue weighted by molar-refractivity contribution is 8.18. The average Bonchev–Trinajstić information content (AvgIpc) is 2.65. The average molecular weight is 291 g/mol. The molecular formula is C15H17NO3S. The summed E-state index contributed by atoms with van der Waals surface area (Å²) in [5.41, 5.74) is 0.812. The van der Waals surface area contributed by atoms with Crippen LogP contribution in [0, 0.1) is 5.92 Å². The van der Waals surface area contributed by atoms with E-state index in [0.717, 1.165) is 28.0 Å². The van der Waals surface area contributed by atoms with Crippen LogP contribution in [0.4, 0.5) is 4.79 Å². The van der Waals surface area contributed by atoms with Gasteiger partial charge in [-0.15, -0.1) is 0 Å². The Labute approximate surface area is 122 Å². The van der Waals surface area contributed by atoms with E-state index in [2.05, 4.69) is 13.8 Å². The van der Waals surface area contributed by atoms with Crippen LogP contribution >= 0.6 is 11.8 Å². The summed E-state index contributed by atoms with van der Waals surface area (Å²) in [6.07, 6.45) is 1.71. The van der Waals surface area contributed by atoms with E-state index in [0.29, 0.717) is 17.4 Å². The second-order valence-corrected chi connectivity index (χ2v) is 5.98. The number of nitrogens with zero attached hydrogens (tertiary/aromatic N) is 1. The van der Waals surface area contributed by atoms with Gasteiger partial charge in [-0.05, 0) is 29.8 Å². The van der Waals surface area contributed by atoms with Gasteiger partial charge in [0, 0.05) is 12.6 Å². The molecule has 0 atom stereocenters. The molecular weight excluding hydrogens is 274 g/mol. The van der Waals surface area contributed by atoms with E-state index in [1.54, 1.807) is 6.08 Å². The summed E-state index contributed by atoms with van der Waals surface area (Å²) in [6.45, 7) is 4.76. The molecule has 0 saturated carbocycles. The Morgan fingerprint density at radius 1 is 1.30 bits per heavy atom. The van der Waals surface area contributed by atoms with E-state index < -0.39 is 0 Å². The molecule has 1 heterocycles. The number of carbonyl (C=O) groups is 2. The molecule has 1 aliphatic rings. The van der Waals surface area contributed by atoms with Gasteiger partial charge < -0.3 is 4.74 Å². The third-order valence-corrected chi connectivity index (χ3v) is 3.73. The van der Waals surface area contributed by atoms with Crippen LogP contribution in [-0.4, -0.2) is 29.7 Å². The van der Waals surface area contributed by atoms with Crippen LogP contribution in [0.1, 0.15) is 19.4 Å². The van der Waals surface area contributed by atoms with Gasteiger partial charge in [-0.3, -0.25) is 14.5 Å². The lowest BCUT2D eigenvalue weighted by atomic mass is 10.1. The van der Waals surface area contributed by atoms with Crippen molar-refractivity contribution >= 4 is 29.0 Å². The maximum absolute atomic E-state index is 11.9. The van der Waals surface area contributed by atoms with Crippen molar-refractivity contribution < 1.29 is 14.3 Å². The van der Waals surface area contributed by atoms with Crippen LogP contribution in [0.15, 0.2) is 29.2 Å². The Morgan fingerprint density at radius 2 is 2.00 bits per heavy atom. The van der Waals surface area contributed by atoms with Crippen molar-refractivity contribution in [3.05, 3.63) is 34.7 Å². The van der Waals surface area contributed by atoms with Gasteiger partial charge in [0.25, 0.3) is 11.1 Å². The fourth-order valence-electron chi connectivity index (χ4n) is 1.67. The molecule has 1 aromatic rings. The lowest BCUT2D eigenvalue weighted by Gasteiger charge is -2.11. The first-order valence-electron chi connectivity index (χ1n) is 6.42. The zero-order valence-corrected chi connectivity index (χ0v) is 12.6. The summed E-state index contributed by atoms with van der Waals surface area (Å²) in [5.74, 6) is 0.883. The Kier molecular flexibility index (Phi) is 4.49. The van der Waals surface area contributed by atoms with Crippen LogP contribution in [0.2, 0.25) is 0 Å². The van der Waals surface area contributed by atoms with Crippen LogP contribution in [-0.2, 0) is 4.79 Å². The number of likely N-dealkylation sites (N-methyl/N-ethyl adjacent to an activating group) is 1. The van der Waals surface area contributed by atoms with Gasteiger partial charge in [0.1, 0.15) is 5.75 Å². The van der Waals surface area contributed by atoms with Gasteiger partial charge in [0.2, 0.25) is 0 Å². The highest BCUT2D eigenvalue weighted by Gasteiger charge is 2.31. The normalized spacial score (nSPS) is 17.4. The largest absolute Gasteiger partial charge is 0.493 e. The number of hydrogen-bond donors (Lipinski definition) is 0. The molecule has 4 nitrogen and oxygen atoms in total. The monoisotopic (exact) mass is 291 g/mol. The molecule has 0 aromatic heterocycles. The van der Waals surface area contributed by atoms with Crippen LogP contribution in [0.3, 0.4) is 0 Å². The first-order valence-corrected chi connectivity index (χ1v) is 7.24. The number of carbonyl (C=O) groups excluding carboxylic acids is 2. The first kappa shape index (κ1) is 14.7. The summed E-state index contributed by atoms with van der Waals surface area (Å²) in [4.78, 5) is 24.9. The molecule has 2 amide bonds. The summed E-state index contributed by atoms with van der Waals surface area (Å²) in [7, 11) is 1.49. The number of benzene rings is 1. The molecule has 0 radical (unpaired) electrons. The maximum atomic E-state index is 11.9. The van der Waals surface area contributed by atoms with Gasteiger partial charge in [-0.25, -0.2) is 0 Å². The number of para-hydroxylation sites is 1. The smallest absolute Gasteiger partial charge is 0.293 e. The minimum Gasteiger partial charge on any atom is -0.493 e. The van der Waals surface area contributed by atoms with Crippen molar-refractivity contribution in [3.63, 3.8) is 0 Å². The van der Waals surface area contributed by atoms with Gasteiger partial charge in [-0.2, -0.15) is 0 Å². The van der Waals surface area contributed by atoms with Crippen molar-refractivity contribution in [1.29, 1.82) is 0 Å². The number of hydrogen-bond acceptors (Lipinski definition) is 4. The highest BCUT2D eigenvalue weighted by atomic mass is 32.2. The standard InChI is InChI=1S/C15H17NO3S/c1-10(2)9-19-12-7-5-4-6-11(12)8-13-14(17)16(3)15(18)20-13/h4-8,10H,9H2,1-3H3/b13-8+. The maximum Gasteiger partial charge on any atom is 0.293 e. The number of amides is 2. The third-order valence-electron chi connectivity index (χ3n) is 2.76. The van der Waals surface area contributed by atoms with E-state index >= 15 is 0 Å². The third kappa shape index (κ3) is 3.22. The van der Waals surface area contributed by atoms with Gasteiger partial charge in [0.05, 0.1) is 11.5 Å². The van der Waals surface area contributed by atoms with E-state index in [9.17, 15) is 9.59 Å². The Bertz CT molecular complexity index is 566. The van der Waals surface area contributed by atoms with E-state index in [1.807, 2.05) is 24.3 Å². The van der Waals surface area contributed by atoms with Gasteiger partial charge >= 0.3 is 0 Å². The molecule has 0 unspecified atom stereocenters. The van der Waals surface area contributed by atoms with Crippen LogP contribution in [0.25, 0.3) is 6.08 Å². The number of ether oxygens (including phenoxy) is 1. The van der Waals surface area contributed by atoms with Crippen molar-refractivity contribution in [3.8, 4) is 5.75 Å². The molecule has 0 spiro atoms. The molecule has 0 aliphatic carbocycles. The summed E-state index contributed by atoms with van der Waals surface area (Å²) in [5, 5.41) is -0.248. The molecule has 1 fully saturated rings. The summed E-state index contributed by atoms with van der Waals surface area (Å²) in [6, 6.07) is 7.51. The second kappa shape index (κ2) is 6.13. The molecule has 106 valence electrons. The molecule has 2 rings (SSSR count). The molecule has 20 heavy (non-hydrogen) atoms. The topological polar surface area (TPSA) is 46.6 Å². The summed E-state index contributed by atoms with van der Waals surface area (Å²) >= 11 is 0.953. The fraction of sp³-hybridized carbons (Fsp3) is 0.333. The lowest BCUT2D eigenvalue weighted by Crippen LogP contribution is -2.22. The SMILES string of the molecule is CC(C)COc1ccccc1/C=C1/SC(=O)N(C)C1=O. The molecule has 1 aliphatic heterocycles. The zero-order chi connectivity index (χ0) is 14.7. The van der Waals surface area contributed by atoms with E-state index in [1.165, 1.54) is 7.05 Å². The van der Waals surface area contributed by atoms with Crippen LogP contribution in [0.5, 0.6) is 5.75 Å². The zero-order valence-electron chi connectivity index (χ0n) is 11.8. The lowest BCUT2D eigenvalue weighted by molar-refractivity contribution is -0.121. The van der Waals surface area contributed by atoms with Gasteiger partial charge in [0.15, 0.2) is 0 Å². The number of imide groups is 1. The molecule has 1 aromatic carbocycles. The molecule has 5 heteroatoms. The second-order valence-electron chi connectivity index (χ2n) is 4.98. The minimum absolute atomic E-state index is 0.248. The van der Waals surface area contributed by atoms with Crippen molar-refractivity contribution in [2.45, 2.75) is 13.8 Å². The Morgan fingerprint density at radius 3 is 2.60 bits per heavy atom. The highest BCUT2D eigenvalue weighted by Crippen LogP contribution is 2.32. The van der Waals surface area contributed by atoms with Crippen molar-refractivity contribution in [1.82, 2.24) is 4.90 Å². The van der Waals surface area contributed by atoms with E-state index in [4.69, 9.17) is 4.74 Å². The number of thioether (sulfide) groups is 1. The van der Waals surface area contributed by atoms with Crippen LogP contribution < -0.4 is 4.74 Å². The van der Waals surface area contributed by atoms with Crippen molar-refractivity contribution in [2.24, 2.45) is 5.92 Å². The Hall–Kier alpha value is -1.75. The first-order chi connectivity index (χ1) is 9.49. The Balaban J connectivity index is 2.25. The minimum atomic E-state index is -0.265.